The minimum atomic E-state index is 0.528. The molecule has 1 aliphatic rings. The van der Waals surface area contributed by atoms with Crippen LogP contribution in [0.4, 0.5) is 10.9 Å². The number of thiazole rings is 1. The van der Waals surface area contributed by atoms with Gasteiger partial charge in [-0.1, -0.05) is 36.0 Å². The molecule has 2 N–H and O–H groups in total. The van der Waals surface area contributed by atoms with Gasteiger partial charge in [-0.15, -0.1) is 0 Å². The largest absolute Gasteiger partial charge is 0.491 e. The Morgan fingerprint density at radius 3 is 2.87 bits per heavy atom. The third-order valence-electron chi connectivity index (χ3n) is 6.98. The number of fused-ring (bicyclic) bond motifs is 2. The number of nitrogen functional groups attached to an aromatic ring is 1. The molecule has 4 aromatic rings. The lowest BCUT2D eigenvalue weighted by atomic mass is 10.0. The minimum absolute atomic E-state index is 0.528. The van der Waals surface area contributed by atoms with Crippen LogP contribution in [-0.2, 0) is 24.1 Å². The number of anilines is 2. The van der Waals surface area contributed by atoms with Crippen LogP contribution >= 0.6 is 11.3 Å². The first-order chi connectivity index (χ1) is 18.5. The highest BCUT2D eigenvalue weighted by Gasteiger charge is 2.23. The van der Waals surface area contributed by atoms with Crippen molar-refractivity contribution in [3.8, 4) is 16.9 Å². The van der Waals surface area contributed by atoms with Crippen molar-refractivity contribution in [3.05, 3.63) is 64.8 Å². The quantitative estimate of drug-likeness (QED) is 0.297. The van der Waals surface area contributed by atoms with Crippen LogP contribution in [-0.4, -0.2) is 46.8 Å². The molecule has 0 radical (unpaired) electrons. The molecule has 3 aromatic heterocycles. The van der Waals surface area contributed by atoms with E-state index in [0.717, 1.165) is 81.5 Å². The number of aromatic nitrogens is 4. The summed E-state index contributed by atoms with van der Waals surface area (Å²) in [5.74, 6) is 2.73. The molecular weight excluding hydrogens is 496 g/mol. The molecule has 38 heavy (non-hydrogen) atoms. The van der Waals surface area contributed by atoms with Gasteiger partial charge >= 0.3 is 0 Å². The fourth-order valence-corrected chi connectivity index (χ4v) is 5.52. The highest BCUT2D eigenvalue weighted by Crippen LogP contribution is 2.33. The van der Waals surface area contributed by atoms with Gasteiger partial charge in [-0.3, -0.25) is 0 Å². The number of aryl methyl sites for hydroxylation is 1. The maximum absolute atomic E-state index is 6.18. The summed E-state index contributed by atoms with van der Waals surface area (Å²) in [6.45, 7) is 8.95. The molecule has 0 fully saturated rings. The van der Waals surface area contributed by atoms with Crippen LogP contribution < -0.4 is 15.4 Å². The number of nitrogens with zero attached hydrogens (tertiary/aromatic N) is 5. The van der Waals surface area contributed by atoms with E-state index in [1.54, 1.807) is 7.11 Å². The highest BCUT2D eigenvalue weighted by molar-refractivity contribution is 7.21. The molecule has 5 rings (SSSR count). The molecule has 0 atom stereocenters. The maximum atomic E-state index is 6.18. The Labute approximate surface area is 227 Å². The van der Waals surface area contributed by atoms with Crippen LogP contribution in [0.3, 0.4) is 0 Å². The summed E-state index contributed by atoms with van der Waals surface area (Å²) in [6, 6.07) is 8.36. The number of allylic oxidation sites excluding steroid dienone is 2. The Morgan fingerprint density at radius 1 is 1.21 bits per heavy atom. The summed E-state index contributed by atoms with van der Waals surface area (Å²) < 4.78 is 11.6. The molecule has 0 bridgehead atoms. The molecule has 0 aliphatic carbocycles. The van der Waals surface area contributed by atoms with E-state index in [4.69, 9.17) is 25.2 Å². The summed E-state index contributed by atoms with van der Waals surface area (Å²) in [4.78, 5) is 22.1. The van der Waals surface area contributed by atoms with Crippen molar-refractivity contribution in [2.24, 2.45) is 0 Å². The van der Waals surface area contributed by atoms with Gasteiger partial charge in [0.2, 0.25) is 0 Å². The molecule has 0 amide bonds. The average Bonchev–Trinajstić information content (AvgIpc) is 3.16. The average molecular weight is 531 g/mol. The van der Waals surface area contributed by atoms with Crippen molar-refractivity contribution < 1.29 is 9.47 Å². The van der Waals surface area contributed by atoms with Crippen molar-refractivity contribution in [1.29, 1.82) is 0 Å². The van der Waals surface area contributed by atoms with E-state index in [1.807, 2.05) is 12.3 Å². The van der Waals surface area contributed by atoms with Crippen molar-refractivity contribution in [3.63, 3.8) is 0 Å². The van der Waals surface area contributed by atoms with E-state index in [1.165, 1.54) is 16.9 Å². The normalized spacial score (nSPS) is 13.9. The number of rotatable bonds is 8. The zero-order valence-electron chi connectivity index (χ0n) is 22.5. The number of ether oxygens (including phenoxy) is 2. The van der Waals surface area contributed by atoms with Gasteiger partial charge in [0.25, 0.3) is 0 Å². The number of hydrogen-bond donors (Lipinski definition) is 1. The predicted molar refractivity (Wildman–Crippen MR) is 154 cm³/mol. The van der Waals surface area contributed by atoms with Crippen LogP contribution in [0.2, 0.25) is 0 Å². The van der Waals surface area contributed by atoms with Gasteiger partial charge in [-0.2, -0.15) is 0 Å². The van der Waals surface area contributed by atoms with E-state index in [-0.39, 0.29) is 0 Å². The lowest BCUT2D eigenvalue weighted by Crippen LogP contribution is -2.28. The standard InChI is InChI=1S/C29H34N6O2S/c1-5-19(6-2)13-26-32-18(3)23(9-11-36-4)27(34-26)35-10-12-37-25-8-7-20(14-22(25)17-35)21-15-24-28(31-16-21)38-29(30)33-24/h5,7-8,14-16H,6,9-13,17H2,1-4H3,(H2,30,33)/b19-5-. The van der Waals surface area contributed by atoms with Crippen molar-refractivity contribution in [1.82, 2.24) is 19.9 Å². The zero-order valence-corrected chi connectivity index (χ0v) is 23.3. The number of hydrogen-bond acceptors (Lipinski definition) is 9. The first-order valence-corrected chi connectivity index (χ1v) is 13.8. The first kappa shape index (κ1) is 26.1. The zero-order chi connectivity index (χ0) is 26.6. The predicted octanol–water partition coefficient (Wildman–Crippen LogP) is 5.53. The van der Waals surface area contributed by atoms with Crippen LogP contribution in [0.1, 0.15) is 42.9 Å². The molecular formula is C29H34N6O2S. The van der Waals surface area contributed by atoms with Gasteiger partial charge in [0, 0.05) is 55.1 Å². The van der Waals surface area contributed by atoms with Crippen molar-refractivity contribution >= 4 is 32.6 Å². The van der Waals surface area contributed by atoms with Gasteiger partial charge in [-0.25, -0.2) is 19.9 Å². The summed E-state index contributed by atoms with van der Waals surface area (Å²) in [7, 11) is 1.73. The summed E-state index contributed by atoms with van der Waals surface area (Å²) >= 11 is 1.40. The van der Waals surface area contributed by atoms with Gasteiger partial charge in [-0.05, 0) is 44.0 Å². The van der Waals surface area contributed by atoms with Crippen LogP contribution in [0.15, 0.2) is 42.1 Å². The number of nitrogens with two attached hydrogens (primary N) is 1. The first-order valence-electron chi connectivity index (χ1n) is 13.0. The molecule has 4 heterocycles. The molecule has 1 aromatic carbocycles. The lowest BCUT2D eigenvalue weighted by Gasteiger charge is -2.25. The Balaban J connectivity index is 1.51. The molecule has 0 spiro atoms. The maximum Gasteiger partial charge on any atom is 0.182 e. The van der Waals surface area contributed by atoms with E-state index in [2.05, 4.69) is 59.9 Å². The minimum Gasteiger partial charge on any atom is -0.491 e. The highest BCUT2D eigenvalue weighted by atomic mass is 32.1. The smallest absolute Gasteiger partial charge is 0.182 e. The number of benzene rings is 1. The Bertz CT molecular complexity index is 1480. The second kappa shape index (κ2) is 11.4. The Morgan fingerprint density at radius 2 is 2.08 bits per heavy atom. The van der Waals surface area contributed by atoms with E-state index in [0.29, 0.717) is 24.9 Å². The lowest BCUT2D eigenvalue weighted by molar-refractivity contribution is 0.202. The van der Waals surface area contributed by atoms with E-state index >= 15 is 0 Å². The monoisotopic (exact) mass is 530 g/mol. The third-order valence-corrected chi connectivity index (χ3v) is 7.79. The molecule has 198 valence electrons. The van der Waals surface area contributed by atoms with Crippen molar-refractivity contribution in [2.45, 2.75) is 46.6 Å². The summed E-state index contributed by atoms with van der Waals surface area (Å²) in [5, 5.41) is 0.528. The fraction of sp³-hybridized carbons (Fsp3) is 0.379. The molecule has 0 unspecified atom stereocenters. The molecule has 0 saturated carbocycles. The van der Waals surface area contributed by atoms with Crippen molar-refractivity contribution in [2.75, 3.05) is 37.5 Å². The van der Waals surface area contributed by atoms with Crippen LogP contribution in [0.5, 0.6) is 5.75 Å². The van der Waals surface area contributed by atoms with Crippen LogP contribution in [0, 0.1) is 6.92 Å². The molecule has 1 aliphatic heterocycles. The van der Waals surface area contributed by atoms with Gasteiger partial charge in [0.15, 0.2) is 5.13 Å². The van der Waals surface area contributed by atoms with Gasteiger partial charge in [0.1, 0.15) is 34.3 Å². The summed E-state index contributed by atoms with van der Waals surface area (Å²) in [5.41, 5.74) is 13.4. The molecule has 8 nitrogen and oxygen atoms in total. The Kier molecular flexibility index (Phi) is 7.85. The SMILES string of the molecule is C/C=C(/CC)Cc1nc(C)c(CCOC)c(N2CCOc3ccc(-c4cnc5sc(N)nc5c4)cc3C2)n1. The topological polar surface area (TPSA) is 99.3 Å². The summed E-state index contributed by atoms with van der Waals surface area (Å²) in [6.07, 6.45) is 6.55. The number of methoxy groups -OCH3 is 1. The second-order valence-electron chi connectivity index (χ2n) is 9.44. The van der Waals surface area contributed by atoms with Crippen LogP contribution in [0.25, 0.3) is 21.5 Å². The Hall–Kier alpha value is -3.56. The fourth-order valence-electron chi connectivity index (χ4n) is 4.86. The number of pyridine rings is 1. The van der Waals surface area contributed by atoms with E-state index < -0.39 is 0 Å². The second-order valence-corrected chi connectivity index (χ2v) is 10.4. The van der Waals surface area contributed by atoms with Gasteiger partial charge < -0.3 is 20.1 Å². The molecule has 9 heteroatoms. The third kappa shape index (κ3) is 5.49. The molecule has 0 saturated heterocycles. The van der Waals surface area contributed by atoms with Gasteiger partial charge in [0.05, 0.1) is 13.2 Å². The van der Waals surface area contributed by atoms with E-state index in [9.17, 15) is 0 Å².